The number of halogens is 3. The first-order valence-corrected chi connectivity index (χ1v) is 7.21. The lowest BCUT2D eigenvalue weighted by molar-refractivity contribution is -0.385. The molecule has 0 saturated heterocycles. The maximum Gasteiger partial charge on any atom is 0.277 e. The highest BCUT2D eigenvalue weighted by Gasteiger charge is 2.18. The molecule has 4 nitrogen and oxygen atoms in total. The third-order valence-electron chi connectivity index (χ3n) is 2.84. The van der Waals surface area contributed by atoms with Crippen LogP contribution in [0.2, 0.25) is 10.0 Å². The number of rotatable bonds is 5. The van der Waals surface area contributed by atoms with Gasteiger partial charge in [0.25, 0.3) is 5.69 Å². The average molecular weight is 347 g/mol. The Balaban J connectivity index is 2.31. The summed E-state index contributed by atoms with van der Waals surface area (Å²) in [6.45, 7) is -0.0659. The molecule has 2 aromatic carbocycles. The number of para-hydroxylation sites is 1. The summed E-state index contributed by atoms with van der Waals surface area (Å²) in [7, 11) is 0. The van der Waals surface area contributed by atoms with E-state index >= 15 is 0 Å². The molecule has 7 heteroatoms. The van der Waals surface area contributed by atoms with Crippen LogP contribution in [0, 0.1) is 10.1 Å². The number of hydrogen-bond acceptors (Lipinski definition) is 3. The van der Waals surface area contributed by atoms with Crippen molar-refractivity contribution in [1.29, 1.82) is 0 Å². The number of ether oxygens (including phenoxy) is 1. The maximum absolute atomic E-state index is 11.0. The van der Waals surface area contributed by atoms with Crippen LogP contribution in [0.4, 0.5) is 5.69 Å². The molecule has 0 saturated carbocycles. The van der Waals surface area contributed by atoms with Gasteiger partial charge in [-0.05, 0) is 12.1 Å². The van der Waals surface area contributed by atoms with Gasteiger partial charge in [0.1, 0.15) is 12.4 Å². The van der Waals surface area contributed by atoms with Gasteiger partial charge >= 0.3 is 0 Å². The van der Waals surface area contributed by atoms with Crippen LogP contribution in [-0.2, 0) is 12.5 Å². The second kappa shape index (κ2) is 6.98. The van der Waals surface area contributed by atoms with E-state index < -0.39 is 4.92 Å². The summed E-state index contributed by atoms with van der Waals surface area (Å²) in [4.78, 5) is 10.5. The van der Waals surface area contributed by atoms with E-state index in [9.17, 15) is 10.1 Å². The molecule has 2 aromatic rings. The molecular formula is C14H10Cl3NO3. The van der Waals surface area contributed by atoms with Crippen LogP contribution in [0.5, 0.6) is 5.75 Å². The van der Waals surface area contributed by atoms with Gasteiger partial charge in [0.05, 0.1) is 26.4 Å². The van der Waals surface area contributed by atoms with Gasteiger partial charge in [0.15, 0.2) is 0 Å². The van der Waals surface area contributed by atoms with Crippen LogP contribution in [0.15, 0.2) is 36.4 Å². The predicted molar refractivity (Wildman–Crippen MR) is 83.4 cm³/mol. The van der Waals surface area contributed by atoms with Crippen LogP contribution in [0.1, 0.15) is 11.1 Å². The fourth-order valence-corrected chi connectivity index (χ4v) is 2.51. The Hall–Kier alpha value is -1.49. The quantitative estimate of drug-likeness (QED) is 0.424. The third-order valence-corrected chi connectivity index (χ3v) is 3.78. The fourth-order valence-electron chi connectivity index (χ4n) is 1.83. The van der Waals surface area contributed by atoms with Crippen molar-refractivity contribution in [3.8, 4) is 5.75 Å². The number of nitro benzene ring substituents is 1. The van der Waals surface area contributed by atoms with Crippen molar-refractivity contribution in [1.82, 2.24) is 0 Å². The molecule has 0 bridgehead atoms. The van der Waals surface area contributed by atoms with Gasteiger partial charge in [-0.25, -0.2) is 0 Å². The minimum atomic E-state index is -0.500. The van der Waals surface area contributed by atoms with Crippen LogP contribution in [-0.4, -0.2) is 4.92 Å². The zero-order valence-corrected chi connectivity index (χ0v) is 13.0. The highest BCUT2D eigenvalue weighted by atomic mass is 35.5. The molecule has 0 amide bonds. The van der Waals surface area contributed by atoms with E-state index in [2.05, 4.69) is 0 Å². The highest BCUT2D eigenvalue weighted by molar-refractivity contribution is 6.32. The van der Waals surface area contributed by atoms with Crippen molar-refractivity contribution < 1.29 is 9.66 Å². The van der Waals surface area contributed by atoms with Crippen LogP contribution >= 0.6 is 34.8 Å². The molecule has 0 aromatic heterocycles. The van der Waals surface area contributed by atoms with E-state index in [1.54, 1.807) is 24.3 Å². The standard InChI is InChI=1S/C14H10Cl3NO3/c15-7-9-3-1-5-12(17)14(9)21-8-10-11(16)4-2-6-13(10)18(19)20/h1-6H,7-8H2. The Morgan fingerprint density at radius 3 is 2.43 bits per heavy atom. The molecule has 0 atom stereocenters. The van der Waals surface area contributed by atoms with Gasteiger partial charge < -0.3 is 4.74 Å². The van der Waals surface area contributed by atoms with E-state index in [-0.39, 0.29) is 23.2 Å². The first kappa shape index (κ1) is 15.9. The maximum atomic E-state index is 11.0. The van der Waals surface area contributed by atoms with Crippen molar-refractivity contribution in [3.63, 3.8) is 0 Å². The van der Waals surface area contributed by atoms with Crippen LogP contribution in [0.25, 0.3) is 0 Å². The smallest absolute Gasteiger partial charge is 0.277 e. The fraction of sp³-hybridized carbons (Fsp3) is 0.143. The van der Waals surface area contributed by atoms with Crippen molar-refractivity contribution in [2.75, 3.05) is 0 Å². The lowest BCUT2D eigenvalue weighted by Crippen LogP contribution is -2.03. The Morgan fingerprint density at radius 1 is 1.10 bits per heavy atom. The minimum absolute atomic E-state index is 0.0659. The van der Waals surface area contributed by atoms with Gasteiger partial charge in [-0.15, -0.1) is 11.6 Å². The summed E-state index contributed by atoms with van der Waals surface area (Å²) in [6, 6.07) is 9.65. The minimum Gasteiger partial charge on any atom is -0.487 e. The lowest BCUT2D eigenvalue weighted by atomic mass is 10.2. The number of hydrogen-bond donors (Lipinski definition) is 0. The van der Waals surface area contributed by atoms with Crippen molar-refractivity contribution in [3.05, 3.63) is 67.7 Å². The van der Waals surface area contributed by atoms with Crippen molar-refractivity contribution in [2.24, 2.45) is 0 Å². The zero-order chi connectivity index (χ0) is 15.4. The molecule has 0 spiro atoms. The SMILES string of the molecule is O=[N+]([O-])c1cccc(Cl)c1COc1c(Cl)cccc1CCl. The summed E-state index contributed by atoms with van der Waals surface area (Å²) < 4.78 is 5.61. The number of alkyl halides is 1. The number of benzene rings is 2. The van der Waals surface area contributed by atoms with E-state index in [1.165, 1.54) is 12.1 Å². The van der Waals surface area contributed by atoms with Crippen LogP contribution < -0.4 is 4.74 Å². The van der Waals surface area contributed by atoms with Crippen molar-refractivity contribution in [2.45, 2.75) is 12.5 Å². The van der Waals surface area contributed by atoms with E-state index in [0.29, 0.717) is 21.9 Å². The topological polar surface area (TPSA) is 52.4 Å². The van der Waals surface area contributed by atoms with Gasteiger partial charge in [-0.1, -0.05) is 41.4 Å². The second-order valence-electron chi connectivity index (χ2n) is 4.15. The molecular weight excluding hydrogens is 337 g/mol. The average Bonchev–Trinajstić information content (AvgIpc) is 2.46. The first-order valence-electron chi connectivity index (χ1n) is 5.92. The largest absolute Gasteiger partial charge is 0.487 e. The first-order chi connectivity index (χ1) is 10.0. The van der Waals surface area contributed by atoms with Crippen LogP contribution in [0.3, 0.4) is 0 Å². The van der Waals surface area contributed by atoms with E-state index in [1.807, 2.05) is 0 Å². The Labute approximate surface area is 136 Å². The molecule has 21 heavy (non-hydrogen) atoms. The van der Waals surface area contributed by atoms with Gasteiger partial charge in [-0.2, -0.15) is 0 Å². The summed E-state index contributed by atoms with van der Waals surface area (Å²) in [5, 5.41) is 11.7. The van der Waals surface area contributed by atoms with E-state index in [0.717, 1.165) is 0 Å². The summed E-state index contributed by atoms with van der Waals surface area (Å²) in [5.74, 6) is 0.629. The molecule has 0 heterocycles. The molecule has 110 valence electrons. The Morgan fingerprint density at radius 2 is 1.76 bits per heavy atom. The number of nitrogens with zero attached hydrogens (tertiary/aromatic N) is 1. The van der Waals surface area contributed by atoms with E-state index in [4.69, 9.17) is 39.5 Å². The molecule has 0 fully saturated rings. The molecule has 0 aliphatic carbocycles. The van der Waals surface area contributed by atoms with Gasteiger partial charge in [-0.3, -0.25) is 10.1 Å². The summed E-state index contributed by atoms with van der Waals surface area (Å²) in [6.07, 6.45) is 0. The normalized spacial score (nSPS) is 10.4. The predicted octanol–water partition coefficient (Wildman–Crippen LogP) is 5.22. The third kappa shape index (κ3) is 3.59. The molecule has 0 N–H and O–H groups in total. The number of nitro groups is 1. The lowest BCUT2D eigenvalue weighted by Gasteiger charge is -2.12. The van der Waals surface area contributed by atoms with Gasteiger partial charge in [0, 0.05) is 11.6 Å². The molecule has 0 aliphatic heterocycles. The summed E-state index contributed by atoms with van der Waals surface area (Å²) in [5.41, 5.74) is 0.908. The summed E-state index contributed by atoms with van der Waals surface area (Å²) >= 11 is 17.9. The van der Waals surface area contributed by atoms with Crippen molar-refractivity contribution >= 4 is 40.5 Å². The Kier molecular flexibility index (Phi) is 5.28. The molecule has 0 radical (unpaired) electrons. The zero-order valence-electron chi connectivity index (χ0n) is 10.7. The van der Waals surface area contributed by atoms with Gasteiger partial charge in [0.2, 0.25) is 0 Å². The molecule has 2 rings (SSSR count). The molecule has 0 aliphatic rings. The Bertz CT molecular complexity index is 677. The second-order valence-corrected chi connectivity index (χ2v) is 5.23. The highest BCUT2D eigenvalue weighted by Crippen LogP contribution is 2.33. The molecule has 0 unspecified atom stereocenters. The monoisotopic (exact) mass is 345 g/mol.